The molecule has 1 aliphatic rings. The number of likely N-dealkylation sites (tertiary alicyclic amines) is 1. The van der Waals surface area contributed by atoms with E-state index in [9.17, 15) is 14.7 Å². The number of Topliss-reactive ketones (excluding diaryl/α,β-unsaturated/α-hetero) is 1. The Labute approximate surface area is 220 Å². The zero-order chi connectivity index (χ0) is 26.5. The van der Waals surface area contributed by atoms with E-state index in [1.807, 2.05) is 44.2 Å². The van der Waals surface area contributed by atoms with Gasteiger partial charge in [0.25, 0.3) is 11.7 Å². The minimum absolute atomic E-state index is 0.0476. The van der Waals surface area contributed by atoms with Gasteiger partial charge in [-0.05, 0) is 61.9 Å². The predicted molar refractivity (Wildman–Crippen MR) is 141 cm³/mol. The molecule has 1 heterocycles. The SMILES string of the molecule is COc1ccc(Cl)cc1/C(O)=C1\C(=O)C(=O)N(CCOC(C)C)C1c1cccc(Oc2ccccc2)c1. The van der Waals surface area contributed by atoms with Crippen LogP contribution in [0.5, 0.6) is 17.2 Å². The first-order chi connectivity index (χ1) is 17.8. The lowest BCUT2D eigenvalue weighted by Gasteiger charge is -2.26. The number of ether oxygens (including phenoxy) is 3. The van der Waals surface area contributed by atoms with E-state index in [1.54, 1.807) is 36.4 Å². The highest BCUT2D eigenvalue weighted by Crippen LogP contribution is 2.42. The van der Waals surface area contributed by atoms with Gasteiger partial charge in [-0.2, -0.15) is 0 Å². The number of halogens is 1. The van der Waals surface area contributed by atoms with Crippen molar-refractivity contribution in [2.24, 2.45) is 0 Å². The third kappa shape index (κ3) is 5.79. The first-order valence-electron chi connectivity index (χ1n) is 11.9. The zero-order valence-corrected chi connectivity index (χ0v) is 21.6. The van der Waals surface area contributed by atoms with E-state index in [1.165, 1.54) is 18.1 Å². The lowest BCUT2D eigenvalue weighted by atomic mass is 9.95. The average molecular weight is 522 g/mol. The molecule has 0 aliphatic carbocycles. The summed E-state index contributed by atoms with van der Waals surface area (Å²) < 4.78 is 17.0. The number of aliphatic hydroxyl groups is 1. The van der Waals surface area contributed by atoms with Gasteiger partial charge < -0.3 is 24.2 Å². The van der Waals surface area contributed by atoms with Gasteiger partial charge in [0.05, 0.1) is 37.0 Å². The highest BCUT2D eigenvalue weighted by molar-refractivity contribution is 6.46. The van der Waals surface area contributed by atoms with E-state index in [2.05, 4.69) is 0 Å². The molecular formula is C29H28ClNO6. The van der Waals surface area contributed by atoms with Gasteiger partial charge in [-0.1, -0.05) is 41.9 Å². The second-order valence-electron chi connectivity index (χ2n) is 8.74. The Morgan fingerprint density at radius 3 is 2.43 bits per heavy atom. The van der Waals surface area contributed by atoms with Crippen LogP contribution in [-0.4, -0.2) is 48.1 Å². The van der Waals surface area contributed by atoms with E-state index >= 15 is 0 Å². The van der Waals surface area contributed by atoms with Gasteiger partial charge in [0.2, 0.25) is 0 Å². The summed E-state index contributed by atoms with van der Waals surface area (Å²) in [6, 6.07) is 20.2. The van der Waals surface area contributed by atoms with Crippen LogP contribution in [0.3, 0.4) is 0 Å². The van der Waals surface area contributed by atoms with Crippen molar-refractivity contribution >= 4 is 29.1 Å². The topological polar surface area (TPSA) is 85.3 Å². The van der Waals surface area contributed by atoms with Gasteiger partial charge >= 0.3 is 0 Å². The van der Waals surface area contributed by atoms with Crippen molar-refractivity contribution in [3.8, 4) is 17.2 Å². The van der Waals surface area contributed by atoms with Crippen LogP contribution in [0.15, 0.2) is 78.4 Å². The molecule has 7 nitrogen and oxygen atoms in total. The highest BCUT2D eigenvalue weighted by atomic mass is 35.5. The van der Waals surface area contributed by atoms with Crippen molar-refractivity contribution in [1.82, 2.24) is 4.90 Å². The third-order valence-electron chi connectivity index (χ3n) is 5.89. The van der Waals surface area contributed by atoms with E-state index in [-0.39, 0.29) is 36.2 Å². The largest absolute Gasteiger partial charge is 0.507 e. The number of aliphatic hydroxyl groups excluding tert-OH is 1. The van der Waals surface area contributed by atoms with Crippen molar-refractivity contribution < 1.29 is 28.9 Å². The number of hydrogen-bond acceptors (Lipinski definition) is 6. The zero-order valence-electron chi connectivity index (χ0n) is 20.8. The number of nitrogens with zero attached hydrogens (tertiary/aromatic N) is 1. The third-order valence-corrected chi connectivity index (χ3v) is 6.13. The fourth-order valence-electron chi connectivity index (χ4n) is 4.23. The molecule has 1 fully saturated rings. The van der Waals surface area contributed by atoms with Crippen LogP contribution >= 0.6 is 11.6 Å². The minimum Gasteiger partial charge on any atom is -0.507 e. The molecule has 37 heavy (non-hydrogen) atoms. The molecule has 4 rings (SSSR count). The van der Waals surface area contributed by atoms with Crippen molar-refractivity contribution in [3.63, 3.8) is 0 Å². The van der Waals surface area contributed by atoms with Crippen molar-refractivity contribution in [2.45, 2.75) is 26.0 Å². The summed E-state index contributed by atoms with van der Waals surface area (Å²) in [7, 11) is 1.45. The predicted octanol–water partition coefficient (Wildman–Crippen LogP) is 5.99. The molecule has 1 aliphatic heterocycles. The number of para-hydroxylation sites is 1. The number of rotatable bonds is 9. The van der Waals surface area contributed by atoms with Crippen LogP contribution in [-0.2, 0) is 14.3 Å². The lowest BCUT2D eigenvalue weighted by molar-refractivity contribution is -0.140. The number of amides is 1. The molecular weight excluding hydrogens is 494 g/mol. The Hall–Kier alpha value is -3.81. The van der Waals surface area contributed by atoms with Crippen LogP contribution < -0.4 is 9.47 Å². The molecule has 1 N–H and O–H groups in total. The second-order valence-corrected chi connectivity index (χ2v) is 9.18. The number of hydrogen-bond donors (Lipinski definition) is 1. The second kappa shape index (κ2) is 11.5. The average Bonchev–Trinajstić information content (AvgIpc) is 3.14. The molecule has 1 atom stereocenters. The maximum atomic E-state index is 13.3. The summed E-state index contributed by atoms with van der Waals surface area (Å²) in [5, 5.41) is 11.7. The maximum Gasteiger partial charge on any atom is 0.295 e. The molecule has 1 saturated heterocycles. The summed E-state index contributed by atoms with van der Waals surface area (Å²) in [4.78, 5) is 27.9. The molecule has 8 heteroatoms. The normalized spacial score (nSPS) is 16.9. The number of ketones is 1. The molecule has 0 bridgehead atoms. The van der Waals surface area contributed by atoms with Crippen molar-refractivity contribution in [2.75, 3.05) is 20.3 Å². The Balaban J connectivity index is 1.82. The smallest absolute Gasteiger partial charge is 0.295 e. The summed E-state index contributed by atoms with van der Waals surface area (Å²) in [5.41, 5.74) is 0.750. The van der Waals surface area contributed by atoms with Crippen molar-refractivity contribution in [1.29, 1.82) is 0 Å². The van der Waals surface area contributed by atoms with Gasteiger partial charge in [-0.25, -0.2) is 0 Å². The van der Waals surface area contributed by atoms with Crippen LogP contribution in [0, 0.1) is 0 Å². The summed E-state index contributed by atoms with van der Waals surface area (Å²) in [6.07, 6.45) is -0.0476. The van der Waals surface area contributed by atoms with Crippen LogP contribution in [0.2, 0.25) is 5.02 Å². The molecule has 0 radical (unpaired) electrons. The maximum absolute atomic E-state index is 13.3. The molecule has 3 aromatic rings. The van der Waals surface area contributed by atoms with E-state index < -0.39 is 17.7 Å². The van der Waals surface area contributed by atoms with Crippen LogP contribution in [0.25, 0.3) is 5.76 Å². The summed E-state index contributed by atoms with van der Waals surface area (Å²) >= 11 is 6.18. The molecule has 0 spiro atoms. The fourth-order valence-corrected chi connectivity index (χ4v) is 4.40. The van der Waals surface area contributed by atoms with Crippen molar-refractivity contribution in [3.05, 3.63) is 94.5 Å². The monoisotopic (exact) mass is 521 g/mol. The van der Waals surface area contributed by atoms with E-state index in [0.29, 0.717) is 27.8 Å². The molecule has 0 saturated carbocycles. The molecule has 3 aromatic carbocycles. The van der Waals surface area contributed by atoms with Crippen LogP contribution in [0.4, 0.5) is 0 Å². The Kier molecular flexibility index (Phi) is 8.16. The summed E-state index contributed by atoms with van der Waals surface area (Å²) in [6.45, 7) is 4.16. The summed E-state index contributed by atoms with van der Waals surface area (Å²) in [5.74, 6) is -0.422. The van der Waals surface area contributed by atoms with E-state index in [4.69, 9.17) is 25.8 Å². The van der Waals surface area contributed by atoms with Gasteiger partial charge in [0.1, 0.15) is 23.0 Å². The number of carbonyl (C=O) groups excluding carboxylic acids is 2. The standard InChI is InChI=1S/C29H28ClNO6/c1-18(2)36-15-14-31-26(19-8-7-11-22(16-19)37-21-9-5-4-6-10-21)25(28(33)29(31)34)27(32)23-17-20(30)12-13-24(23)35-3/h4-13,16-18,26,32H,14-15H2,1-3H3/b27-25+. The minimum atomic E-state index is -0.876. The molecule has 1 unspecified atom stereocenters. The number of methoxy groups -OCH3 is 1. The van der Waals surface area contributed by atoms with Gasteiger partial charge in [0.15, 0.2) is 0 Å². The highest BCUT2D eigenvalue weighted by Gasteiger charge is 2.46. The van der Waals surface area contributed by atoms with Gasteiger partial charge in [0, 0.05) is 11.6 Å². The number of carbonyl (C=O) groups is 2. The molecule has 0 aromatic heterocycles. The Bertz CT molecular complexity index is 1320. The van der Waals surface area contributed by atoms with Crippen LogP contribution in [0.1, 0.15) is 31.0 Å². The van der Waals surface area contributed by atoms with E-state index in [0.717, 1.165) is 0 Å². The van der Waals surface area contributed by atoms with Gasteiger partial charge in [-0.3, -0.25) is 9.59 Å². The Morgan fingerprint density at radius 2 is 1.73 bits per heavy atom. The fraction of sp³-hybridized carbons (Fsp3) is 0.241. The first-order valence-corrected chi connectivity index (χ1v) is 12.2. The molecule has 1 amide bonds. The number of benzene rings is 3. The van der Waals surface area contributed by atoms with Gasteiger partial charge in [-0.15, -0.1) is 0 Å². The Morgan fingerprint density at radius 1 is 1.00 bits per heavy atom. The quantitative estimate of drug-likeness (QED) is 0.211. The lowest BCUT2D eigenvalue weighted by Crippen LogP contribution is -2.33. The molecule has 192 valence electrons. The first kappa shape index (κ1) is 26.3.